The minimum absolute atomic E-state index is 0.0433. The molecule has 0 saturated carbocycles. The van der Waals surface area contributed by atoms with Gasteiger partial charge in [0.05, 0.1) is 12.6 Å². The van der Waals surface area contributed by atoms with E-state index in [0.717, 1.165) is 26.2 Å². The smallest absolute Gasteiger partial charge is 0.236 e. The fourth-order valence-corrected chi connectivity index (χ4v) is 1.62. The van der Waals surface area contributed by atoms with Crippen LogP contribution in [-0.2, 0) is 9.53 Å². The largest absolute Gasteiger partial charge is 0.381 e. The van der Waals surface area contributed by atoms with E-state index in [1.165, 1.54) is 6.42 Å². The van der Waals surface area contributed by atoms with E-state index >= 15 is 0 Å². The Kier molecular flexibility index (Phi) is 4.90. The van der Waals surface area contributed by atoms with Gasteiger partial charge in [-0.05, 0) is 25.7 Å². The van der Waals surface area contributed by atoms with Gasteiger partial charge in [0.2, 0.25) is 5.91 Å². The maximum Gasteiger partial charge on any atom is 0.236 e. The first-order valence-corrected chi connectivity index (χ1v) is 5.26. The standard InChI is InChI=1S/C10H20N2O2/c1-8(10(13)11-2)12-6-9-4-3-5-14-7-9/h8-9,12H,3-7H2,1-2H3,(H,11,13). The van der Waals surface area contributed by atoms with Gasteiger partial charge in [-0.25, -0.2) is 0 Å². The van der Waals surface area contributed by atoms with Gasteiger partial charge in [-0.3, -0.25) is 4.79 Å². The van der Waals surface area contributed by atoms with Crippen LogP contribution in [0.15, 0.2) is 0 Å². The van der Waals surface area contributed by atoms with Gasteiger partial charge in [0.15, 0.2) is 0 Å². The SMILES string of the molecule is CNC(=O)C(C)NCC1CCCOC1. The van der Waals surface area contributed by atoms with E-state index in [-0.39, 0.29) is 11.9 Å². The molecule has 0 aromatic carbocycles. The monoisotopic (exact) mass is 200 g/mol. The van der Waals surface area contributed by atoms with Crippen LogP contribution in [0.4, 0.5) is 0 Å². The van der Waals surface area contributed by atoms with E-state index in [0.29, 0.717) is 5.92 Å². The topological polar surface area (TPSA) is 50.4 Å². The molecule has 0 aliphatic carbocycles. The Bertz CT molecular complexity index is 179. The molecule has 4 heteroatoms. The second kappa shape index (κ2) is 5.98. The molecule has 0 spiro atoms. The zero-order valence-corrected chi connectivity index (χ0v) is 9.01. The van der Waals surface area contributed by atoms with Crippen molar-refractivity contribution < 1.29 is 9.53 Å². The quantitative estimate of drug-likeness (QED) is 0.678. The first kappa shape index (κ1) is 11.5. The molecule has 1 saturated heterocycles. The first-order chi connectivity index (χ1) is 6.74. The predicted octanol–water partition coefficient (Wildman–Crippen LogP) is 0.137. The Morgan fingerprint density at radius 3 is 3.00 bits per heavy atom. The maximum absolute atomic E-state index is 11.2. The molecule has 1 amide bonds. The fourth-order valence-electron chi connectivity index (χ4n) is 1.62. The third-order valence-corrected chi connectivity index (χ3v) is 2.61. The number of ether oxygens (including phenoxy) is 1. The molecule has 82 valence electrons. The molecule has 1 rings (SSSR count). The maximum atomic E-state index is 11.2. The molecule has 0 radical (unpaired) electrons. The lowest BCUT2D eigenvalue weighted by Crippen LogP contribution is -2.43. The lowest BCUT2D eigenvalue weighted by Gasteiger charge is -2.23. The molecule has 0 aromatic rings. The predicted molar refractivity (Wildman–Crippen MR) is 55.1 cm³/mol. The summed E-state index contributed by atoms with van der Waals surface area (Å²) >= 11 is 0. The zero-order valence-electron chi connectivity index (χ0n) is 9.01. The van der Waals surface area contributed by atoms with Crippen LogP contribution < -0.4 is 10.6 Å². The highest BCUT2D eigenvalue weighted by atomic mass is 16.5. The lowest BCUT2D eigenvalue weighted by molar-refractivity contribution is -0.122. The highest BCUT2D eigenvalue weighted by Gasteiger charge is 2.16. The number of likely N-dealkylation sites (N-methyl/N-ethyl adjacent to an activating group) is 1. The van der Waals surface area contributed by atoms with Crippen molar-refractivity contribution in [3.05, 3.63) is 0 Å². The van der Waals surface area contributed by atoms with Gasteiger partial charge in [0.1, 0.15) is 0 Å². The Hall–Kier alpha value is -0.610. The van der Waals surface area contributed by atoms with E-state index in [2.05, 4.69) is 10.6 Å². The van der Waals surface area contributed by atoms with Crippen molar-refractivity contribution in [1.29, 1.82) is 0 Å². The minimum Gasteiger partial charge on any atom is -0.381 e. The van der Waals surface area contributed by atoms with Crippen LogP contribution in [0, 0.1) is 5.92 Å². The molecule has 1 heterocycles. The van der Waals surface area contributed by atoms with Gasteiger partial charge in [0.25, 0.3) is 0 Å². The number of rotatable bonds is 4. The van der Waals surface area contributed by atoms with Crippen molar-refractivity contribution in [2.45, 2.75) is 25.8 Å². The molecule has 2 atom stereocenters. The van der Waals surface area contributed by atoms with E-state index in [4.69, 9.17) is 4.74 Å². The van der Waals surface area contributed by atoms with Gasteiger partial charge in [-0.2, -0.15) is 0 Å². The average Bonchev–Trinajstić information content (AvgIpc) is 2.26. The average molecular weight is 200 g/mol. The summed E-state index contributed by atoms with van der Waals surface area (Å²) < 4.78 is 5.36. The van der Waals surface area contributed by atoms with Crippen LogP contribution in [0.3, 0.4) is 0 Å². The van der Waals surface area contributed by atoms with Crippen LogP contribution in [0.5, 0.6) is 0 Å². The number of carbonyl (C=O) groups excluding carboxylic acids is 1. The summed E-state index contributed by atoms with van der Waals surface area (Å²) in [6.07, 6.45) is 2.34. The number of hydrogen-bond acceptors (Lipinski definition) is 3. The number of hydrogen-bond donors (Lipinski definition) is 2. The minimum atomic E-state index is -0.109. The molecule has 1 aliphatic heterocycles. The van der Waals surface area contributed by atoms with E-state index in [1.54, 1.807) is 7.05 Å². The Morgan fingerprint density at radius 2 is 2.43 bits per heavy atom. The Balaban J connectivity index is 2.15. The normalized spacial score (nSPS) is 24.3. The van der Waals surface area contributed by atoms with Crippen molar-refractivity contribution >= 4 is 5.91 Å². The van der Waals surface area contributed by atoms with E-state index in [9.17, 15) is 4.79 Å². The third kappa shape index (κ3) is 3.64. The van der Waals surface area contributed by atoms with Crippen molar-refractivity contribution in [3.8, 4) is 0 Å². The van der Waals surface area contributed by atoms with E-state index < -0.39 is 0 Å². The van der Waals surface area contributed by atoms with Crippen LogP contribution >= 0.6 is 0 Å². The molecular formula is C10H20N2O2. The second-order valence-corrected chi connectivity index (χ2v) is 3.83. The van der Waals surface area contributed by atoms with Crippen molar-refractivity contribution in [2.75, 3.05) is 26.8 Å². The summed E-state index contributed by atoms with van der Waals surface area (Å²) in [6, 6.07) is -0.109. The molecular weight excluding hydrogens is 180 g/mol. The second-order valence-electron chi connectivity index (χ2n) is 3.83. The summed E-state index contributed by atoms with van der Waals surface area (Å²) in [4.78, 5) is 11.2. The Labute approximate surface area is 85.4 Å². The van der Waals surface area contributed by atoms with Crippen molar-refractivity contribution in [2.24, 2.45) is 5.92 Å². The molecule has 1 aliphatic rings. The van der Waals surface area contributed by atoms with Crippen molar-refractivity contribution in [1.82, 2.24) is 10.6 Å². The first-order valence-electron chi connectivity index (χ1n) is 5.26. The van der Waals surface area contributed by atoms with Gasteiger partial charge in [0, 0.05) is 20.2 Å². The summed E-state index contributed by atoms with van der Waals surface area (Å²) in [6.45, 7) is 4.46. The number of nitrogens with one attached hydrogen (secondary N) is 2. The van der Waals surface area contributed by atoms with Crippen LogP contribution in [-0.4, -0.2) is 38.8 Å². The molecule has 14 heavy (non-hydrogen) atoms. The highest BCUT2D eigenvalue weighted by Crippen LogP contribution is 2.12. The third-order valence-electron chi connectivity index (χ3n) is 2.61. The fraction of sp³-hybridized carbons (Fsp3) is 0.900. The molecule has 4 nitrogen and oxygen atoms in total. The summed E-state index contributed by atoms with van der Waals surface area (Å²) in [5.41, 5.74) is 0. The summed E-state index contributed by atoms with van der Waals surface area (Å²) in [7, 11) is 1.66. The van der Waals surface area contributed by atoms with Crippen LogP contribution in [0.2, 0.25) is 0 Å². The number of amides is 1. The van der Waals surface area contributed by atoms with E-state index in [1.807, 2.05) is 6.92 Å². The highest BCUT2D eigenvalue weighted by molar-refractivity contribution is 5.80. The van der Waals surface area contributed by atoms with Gasteiger partial charge >= 0.3 is 0 Å². The van der Waals surface area contributed by atoms with Crippen LogP contribution in [0.1, 0.15) is 19.8 Å². The zero-order chi connectivity index (χ0) is 10.4. The molecule has 0 bridgehead atoms. The molecule has 1 fully saturated rings. The summed E-state index contributed by atoms with van der Waals surface area (Å²) in [5, 5.41) is 5.83. The summed E-state index contributed by atoms with van der Waals surface area (Å²) in [5.74, 6) is 0.609. The molecule has 2 N–H and O–H groups in total. The van der Waals surface area contributed by atoms with Gasteiger partial charge in [-0.15, -0.1) is 0 Å². The van der Waals surface area contributed by atoms with Crippen LogP contribution in [0.25, 0.3) is 0 Å². The lowest BCUT2D eigenvalue weighted by atomic mass is 10.0. The van der Waals surface area contributed by atoms with Gasteiger partial charge < -0.3 is 15.4 Å². The number of carbonyl (C=O) groups is 1. The molecule has 2 unspecified atom stereocenters. The van der Waals surface area contributed by atoms with Gasteiger partial charge in [-0.1, -0.05) is 0 Å². The van der Waals surface area contributed by atoms with Crippen molar-refractivity contribution in [3.63, 3.8) is 0 Å². The molecule has 0 aromatic heterocycles. The Morgan fingerprint density at radius 1 is 1.64 bits per heavy atom.